The number of nitrogens with zero attached hydrogens (tertiary/aromatic N) is 3. The molecule has 21 heavy (non-hydrogen) atoms. The third-order valence-electron chi connectivity index (χ3n) is 3.67. The zero-order valence-electron chi connectivity index (χ0n) is 12.9. The van der Waals surface area contributed by atoms with Crippen LogP contribution in [0.1, 0.15) is 17.8 Å². The highest BCUT2D eigenvalue weighted by Crippen LogP contribution is 2.25. The van der Waals surface area contributed by atoms with Crippen LogP contribution in [0, 0.1) is 13.8 Å². The van der Waals surface area contributed by atoms with Crippen molar-refractivity contribution < 1.29 is 8.42 Å². The van der Waals surface area contributed by atoms with E-state index in [1.165, 1.54) is 0 Å². The molecule has 6 nitrogen and oxygen atoms in total. The molecule has 1 aliphatic heterocycles. The molecule has 0 aromatic carbocycles. The van der Waals surface area contributed by atoms with Gasteiger partial charge in [0.05, 0.1) is 17.9 Å². The van der Waals surface area contributed by atoms with Crippen molar-refractivity contribution in [1.29, 1.82) is 0 Å². The van der Waals surface area contributed by atoms with Gasteiger partial charge in [0.25, 0.3) is 0 Å². The van der Waals surface area contributed by atoms with Crippen molar-refractivity contribution in [2.75, 3.05) is 38.2 Å². The summed E-state index contributed by atoms with van der Waals surface area (Å²) in [6.07, 6.45) is 0.913. The average molecular weight is 332 g/mol. The first-order valence-corrected chi connectivity index (χ1v) is 9.84. The summed E-state index contributed by atoms with van der Waals surface area (Å²) in [4.78, 5) is 0.394. The van der Waals surface area contributed by atoms with Gasteiger partial charge in [0, 0.05) is 25.4 Å². The number of aromatic nitrogens is 2. The zero-order valence-corrected chi connectivity index (χ0v) is 14.6. The number of nitrogens with one attached hydrogen (secondary N) is 1. The highest BCUT2D eigenvalue weighted by Gasteiger charge is 2.31. The van der Waals surface area contributed by atoms with Crippen LogP contribution < -0.4 is 5.32 Å². The van der Waals surface area contributed by atoms with Gasteiger partial charge in [0.15, 0.2) is 0 Å². The molecule has 0 radical (unpaired) electrons. The van der Waals surface area contributed by atoms with E-state index in [9.17, 15) is 8.42 Å². The summed E-state index contributed by atoms with van der Waals surface area (Å²) in [6, 6.07) is 0. The summed E-state index contributed by atoms with van der Waals surface area (Å²) in [5.41, 5.74) is 1.33. The summed E-state index contributed by atoms with van der Waals surface area (Å²) in [5.74, 6) is 1.90. The molecule has 1 aliphatic rings. The standard InChI is InChI=1S/C13H24N4O2S2/c1-11-13(12(2)17(15-11)7-5-14-3)21(18,19)16-6-4-9-20-10-8-16/h14H,4-10H2,1-3H3. The van der Waals surface area contributed by atoms with E-state index < -0.39 is 10.0 Å². The van der Waals surface area contributed by atoms with E-state index in [1.54, 1.807) is 15.9 Å². The maximum absolute atomic E-state index is 12.9. The smallest absolute Gasteiger partial charge is 0.246 e. The molecule has 0 spiro atoms. The van der Waals surface area contributed by atoms with Gasteiger partial charge in [-0.15, -0.1) is 0 Å². The van der Waals surface area contributed by atoms with Crippen molar-refractivity contribution in [2.24, 2.45) is 0 Å². The van der Waals surface area contributed by atoms with E-state index in [2.05, 4.69) is 10.4 Å². The zero-order chi connectivity index (χ0) is 15.5. The Kier molecular flexibility index (Phi) is 5.70. The quantitative estimate of drug-likeness (QED) is 0.866. The van der Waals surface area contributed by atoms with E-state index in [-0.39, 0.29) is 0 Å². The largest absolute Gasteiger partial charge is 0.318 e. The highest BCUT2D eigenvalue weighted by molar-refractivity contribution is 7.99. The van der Waals surface area contributed by atoms with Crippen LogP contribution in [0.4, 0.5) is 0 Å². The first kappa shape index (κ1) is 16.8. The average Bonchev–Trinajstić information content (AvgIpc) is 2.63. The van der Waals surface area contributed by atoms with E-state index >= 15 is 0 Å². The summed E-state index contributed by atoms with van der Waals surface area (Å²) < 4.78 is 29.2. The van der Waals surface area contributed by atoms with Crippen molar-refractivity contribution in [1.82, 2.24) is 19.4 Å². The molecule has 1 aromatic rings. The minimum absolute atomic E-state index is 0.394. The van der Waals surface area contributed by atoms with E-state index in [4.69, 9.17) is 0 Å². The minimum Gasteiger partial charge on any atom is -0.318 e. The molecule has 1 aromatic heterocycles. The molecular formula is C13H24N4O2S2. The van der Waals surface area contributed by atoms with Crippen molar-refractivity contribution in [2.45, 2.75) is 31.7 Å². The number of hydrogen-bond donors (Lipinski definition) is 1. The molecule has 0 saturated carbocycles. The Balaban J connectivity index is 2.32. The second kappa shape index (κ2) is 7.13. The third-order valence-corrected chi connectivity index (χ3v) is 6.87. The fraction of sp³-hybridized carbons (Fsp3) is 0.769. The topological polar surface area (TPSA) is 67.2 Å². The normalized spacial score (nSPS) is 17.9. The van der Waals surface area contributed by atoms with Crippen molar-refractivity contribution in [3.8, 4) is 0 Å². The van der Waals surface area contributed by atoms with Gasteiger partial charge in [0.1, 0.15) is 4.90 Å². The van der Waals surface area contributed by atoms with Gasteiger partial charge >= 0.3 is 0 Å². The molecule has 0 bridgehead atoms. The van der Waals surface area contributed by atoms with Gasteiger partial charge in [-0.25, -0.2) is 8.42 Å². The minimum atomic E-state index is -3.43. The lowest BCUT2D eigenvalue weighted by atomic mass is 10.4. The Morgan fingerprint density at radius 1 is 1.29 bits per heavy atom. The van der Waals surface area contributed by atoms with Crippen LogP contribution in [0.2, 0.25) is 0 Å². The Morgan fingerprint density at radius 2 is 2.05 bits per heavy atom. The van der Waals surface area contributed by atoms with E-state index in [0.717, 1.165) is 30.2 Å². The number of aryl methyl sites for hydroxylation is 1. The van der Waals surface area contributed by atoms with Crippen LogP contribution in [-0.4, -0.2) is 60.7 Å². The maximum Gasteiger partial charge on any atom is 0.246 e. The van der Waals surface area contributed by atoms with Gasteiger partial charge in [-0.05, 0) is 33.1 Å². The summed E-state index contributed by atoms with van der Waals surface area (Å²) in [7, 11) is -1.56. The lowest BCUT2D eigenvalue weighted by Crippen LogP contribution is -2.33. The molecule has 0 amide bonds. The van der Waals surface area contributed by atoms with Crippen LogP contribution in [0.15, 0.2) is 4.90 Å². The second-order valence-electron chi connectivity index (χ2n) is 5.20. The number of thioether (sulfide) groups is 1. The van der Waals surface area contributed by atoms with Gasteiger partial charge in [-0.2, -0.15) is 21.2 Å². The molecule has 1 N–H and O–H groups in total. The molecule has 1 saturated heterocycles. The van der Waals surface area contributed by atoms with Gasteiger partial charge in [-0.3, -0.25) is 4.68 Å². The first-order valence-electron chi connectivity index (χ1n) is 7.25. The lowest BCUT2D eigenvalue weighted by molar-refractivity contribution is 0.434. The number of likely N-dealkylation sites (N-methyl/N-ethyl adjacent to an activating group) is 1. The third kappa shape index (κ3) is 3.61. The fourth-order valence-electron chi connectivity index (χ4n) is 2.58. The molecule has 1 fully saturated rings. The summed E-state index contributed by atoms with van der Waals surface area (Å²) in [5, 5.41) is 7.46. The molecule has 2 heterocycles. The Bertz CT molecular complexity index is 575. The van der Waals surface area contributed by atoms with Crippen LogP contribution in [0.25, 0.3) is 0 Å². The number of sulfonamides is 1. The van der Waals surface area contributed by atoms with Crippen LogP contribution >= 0.6 is 11.8 Å². The summed E-state index contributed by atoms with van der Waals surface area (Å²) >= 11 is 1.82. The Labute approximate surface area is 131 Å². The van der Waals surface area contributed by atoms with Gasteiger partial charge < -0.3 is 5.32 Å². The molecule has 8 heteroatoms. The summed E-state index contributed by atoms with van der Waals surface area (Å²) in [6.45, 7) is 6.26. The van der Waals surface area contributed by atoms with E-state index in [1.807, 2.05) is 25.7 Å². The maximum atomic E-state index is 12.9. The highest BCUT2D eigenvalue weighted by atomic mass is 32.2. The second-order valence-corrected chi connectivity index (χ2v) is 8.30. The monoisotopic (exact) mass is 332 g/mol. The number of rotatable bonds is 5. The molecule has 120 valence electrons. The van der Waals surface area contributed by atoms with Crippen LogP contribution in [0.5, 0.6) is 0 Å². The SMILES string of the molecule is CNCCn1nc(C)c(S(=O)(=O)N2CCCSCC2)c1C. The molecule has 0 aliphatic carbocycles. The molecular weight excluding hydrogens is 308 g/mol. The molecule has 0 unspecified atom stereocenters. The van der Waals surface area contributed by atoms with Crippen molar-refractivity contribution >= 4 is 21.8 Å². The Hall–Kier alpha value is -0.570. The van der Waals surface area contributed by atoms with Crippen molar-refractivity contribution in [3.05, 3.63) is 11.4 Å². The first-order chi connectivity index (χ1) is 9.98. The van der Waals surface area contributed by atoms with E-state index in [0.29, 0.717) is 30.2 Å². The van der Waals surface area contributed by atoms with Gasteiger partial charge in [-0.1, -0.05) is 0 Å². The number of hydrogen-bond acceptors (Lipinski definition) is 5. The molecule has 2 rings (SSSR count). The van der Waals surface area contributed by atoms with Gasteiger partial charge in [0.2, 0.25) is 10.0 Å². The van der Waals surface area contributed by atoms with Crippen LogP contribution in [0.3, 0.4) is 0 Å². The Morgan fingerprint density at radius 3 is 2.76 bits per heavy atom. The van der Waals surface area contributed by atoms with Crippen LogP contribution in [-0.2, 0) is 16.6 Å². The predicted molar refractivity (Wildman–Crippen MR) is 86.3 cm³/mol. The fourth-order valence-corrected chi connectivity index (χ4v) is 5.44. The predicted octanol–water partition coefficient (Wildman–Crippen LogP) is 0.847. The lowest BCUT2D eigenvalue weighted by Gasteiger charge is -2.19. The molecule has 0 atom stereocenters. The van der Waals surface area contributed by atoms with Crippen molar-refractivity contribution in [3.63, 3.8) is 0 Å².